The Morgan fingerprint density at radius 1 is 0.529 bits per heavy atom. The van der Waals surface area contributed by atoms with Crippen molar-refractivity contribution in [2.45, 2.75) is 294 Å². The Morgan fingerprint density at radius 3 is 1.50 bits per heavy atom. The van der Waals surface area contributed by atoms with E-state index in [9.17, 15) is 35.1 Å². The van der Waals surface area contributed by atoms with Crippen molar-refractivity contribution in [2.24, 2.45) is 0 Å². The zero-order valence-electron chi connectivity index (χ0n) is 44.7. The second-order valence-electron chi connectivity index (χ2n) is 20.0. The van der Waals surface area contributed by atoms with E-state index in [1.165, 1.54) is 135 Å². The lowest BCUT2D eigenvalue weighted by Crippen LogP contribution is -2.60. The van der Waals surface area contributed by atoms with Crippen molar-refractivity contribution in [1.82, 2.24) is 5.32 Å². The van der Waals surface area contributed by atoms with Crippen molar-refractivity contribution in [3.63, 3.8) is 0 Å². The third-order valence-electron chi connectivity index (χ3n) is 13.4. The number of carbonyl (C=O) groups is 2. The summed E-state index contributed by atoms with van der Waals surface area (Å²) in [4.78, 5) is 25.0. The van der Waals surface area contributed by atoms with Crippen LogP contribution in [0.1, 0.15) is 251 Å². The molecule has 11 heteroatoms. The van der Waals surface area contributed by atoms with E-state index in [0.717, 1.165) is 89.9 Å². The van der Waals surface area contributed by atoms with Crippen LogP contribution < -0.4 is 5.32 Å². The summed E-state index contributed by atoms with van der Waals surface area (Å²) in [6.07, 6.45) is 50.5. The first kappa shape index (κ1) is 65.6. The quantitative estimate of drug-likeness (QED) is 0.0149. The van der Waals surface area contributed by atoms with Gasteiger partial charge in [-0.3, -0.25) is 9.59 Å². The molecule has 0 aromatic heterocycles. The van der Waals surface area contributed by atoms with Gasteiger partial charge >= 0.3 is 5.97 Å². The zero-order valence-corrected chi connectivity index (χ0v) is 44.7. The Labute approximate surface area is 427 Å². The minimum atomic E-state index is -1.58. The standard InChI is InChI=1S/C59H107NO10/c1-3-5-7-9-11-13-15-26-29-33-37-41-45-52(62)51(50-69-59-58(67)57(66)56(65)53(49-61)70-59)60-54(63)46-42-38-34-30-27-23-21-19-17-16-18-20-22-24-28-32-36-40-44-48-68-55(64)47-43-39-35-31-25-14-12-10-8-6-4-2/h10,12,20,22,24,28,41,45,51-53,56-59,61-62,65-67H,3-9,11,13-19,21,23,25-27,29-40,42-44,46-50H2,1-2H3,(H,60,63)/b12-10-,22-20-,28-24-,45-41+. The number of ether oxygens (including phenoxy) is 3. The van der Waals surface area contributed by atoms with Gasteiger partial charge in [0.2, 0.25) is 5.91 Å². The van der Waals surface area contributed by atoms with E-state index in [1.807, 2.05) is 6.08 Å². The number of nitrogens with one attached hydrogen (secondary N) is 1. The summed E-state index contributed by atoms with van der Waals surface area (Å²) < 4.78 is 16.6. The van der Waals surface area contributed by atoms with E-state index in [1.54, 1.807) is 6.08 Å². The van der Waals surface area contributed by atoms with Gasteiger partial charge in [-0.15, -0.1) is 0 Å². The number of amides is 1. The lowest BCUT2D eigenvalue weighted by molar-refractivity contribution is -0.302. The molecule has 1 heterocycles. The molecule has 0 bridgehead atoms. The van der Waals surface area contributed by atoms with Crippen molar-refractivity contribution in [3.05, 3.63) is 48.6 Å². The van der Waals surface area contributed by atoms with Gasteiger partial charge in [0.25, 0.3) is 0 Å². The molecule has 1 aliphatic rings. The highest BCUT2D eigenvalue weighted by Gasteiger charge is 2.44. The van der Waals surface area contributed by atoms with Gasteiger partial charge in [-0.05, 0) is 83.5 Å². The maximum atomic E-state index is 13.0. The third-order valence-corrected chi connectivity index (χ3v) is 13.4. The highest BCUT2D eigenvalue weighted by atomic mass is 16.7. The Bertz CT molecular complexity index is 1300. The number of aliphatic hydroxyl groups is 5. The van der Waals surface area contributed by atoms with Crippen LogP contribution in [0.25, 0.3) is 0 Å². The summed E-state index contributed by atoms with van der Waals surface area (Å²) in [7, 11) is 0. The fraction of sp³-hybridized carbons (Fsp3) is 0.831. The summed E-state index contributed by atoms with van der Waals surface area (Å²) in [5.41, 5.74) is 0. The predicted molar refractivity (Wildman–Crippen MR) is 287 cm³/mol. The minimum Gasteiger partial charge on any atom is -0.466 e. The molecular weight excluding hydrogens is 883 g/mol. The van der Waals surface area contributed by atoms with Gasteiger partial charge in [0.05, 0.1) is 32.0 Å². The molecular formula is C59H107NO10. The highest BCUT2D eigenvalue weighted by molar-refractivity contribution is 5.76. The topological polar surface area (TPSA) is 175 Å². The molecule has 1 fully saturated rings. The van der Waals surface area contributed by atoms with E-state index in [4.69, 9.17) is 14.2 Å². The van der Waals surface area contributed by atoms with Gasteiger partial charge in [-0.2, -0.15) is 0 Å². The fourth-order valence-corrected chi connectivity index (χ4v) is 8.76. The van der Waals surface area contributed by atoms with Crippen molar-refractivity contribution in [1.29, 1.82) is 0 Å². The van der Waals surface area contributed by atoms with Crippen molar-refractivity contribution in [2.75, 3.05) is 19.8 Å². The van der Waals surface area contributed by atoms with Crippen LogP contribution >= 0.6 is 0 Å². The van der Waals surface area contributed by atoms with Crippen LogP contribution in [-0.4, -0.2) is 100 Å². The summed E-state index contributed by atoms with van der Waals surface area (Å²) in [6, 6.07) is -0.818. The molecule has 1 aliphatic heterocycles. The zero-order chi connectivity index (χ0) is 51.0. The predicted octanol–water partition coefficient (Wildman–Crippen LogP) is 12.9. The van der Waals surface area contributed by atoms with Crippen LogP contribution in [0, 0.1) is 0 Å². The molecule has 1 saturated heterocycles. The fourth-order valence-electron chi connectivity index (χ4n) is 8.76. The highest BCUT2D eigenvalue weighted by Crippen LogP contribution is 2.23. The normalized spacial score (nSPS) is 19.6. The second-order valence-corrected chi connectivity index (χ2v) is 20.0. The number of rotatable bonds is 49. The molecule has 408 valence electrons. The van der Waals surface area contributed by atoms with Gasteiger partial charge in [0, 0.05) is 12.8 Å². The van der Waals surface area contributed by atoms with Crippen LogP contribution in [0.3, 0.4) is 0 Å². The van der Waals surface area contributed by atoms with Crippen molar-refractivity contribution < 1.29 is 49.3 Å². The molecule has 1 rings (SSSR count). The van der Waals surface area contributed by atoms with Crippen LogP contribution in [0.5, 0.6) is 0 Å². The average molecular weight is 991 g/mol. The Balaban J connectivity index is 2.13. The number of allylic oxidation sites excluding steroid dienone is 7. The molecule has 70 heavy (non-hydrogen) atoms. The van der Waals surface area contributed by atoms with Gasteiger partial charge < -0.3 is 45.1 Å². The molecule has 0 aliphatic carbocycles. The minimum absolute atomic E-state index is 0.0399. The first-order valence-corrected chi connectivity index (χ1v) is 28.9. The van der Waals surface area contributed by atoms with Gasteiger partial charge in [-0.1, -0.05) is 204 Å². The van der Waals surface area contributed by atoms with Crippen LogP contribution in [0.4, 0.5) is 0 Å². The largest absolute Gasteiger partial charge is 0.466 e. The summed E-state index contributed by atoms with van der Waals surface area (Å²) in [6.45, 7) is 4.24. The second kappa shape index (κ2) is 48.9. The summed E-state index contributed by atoms with van der Waals surface area (Å²) >= 11 is 0. The van der Waals surface area contributed by atoms with Crippen LogP contribution in [0.2, 0.25) is 0 Å². The number of aliphatic hydroxyl groups excluding tert-OH is 5. The van der Waals surface area contributed by atoms with Crippen LogP contribution in [0.15, 0.2) is 48.6 Å². The molecule has 6 N–H and O–H groups in total. The maximum Gasteiger partial charge on any atom is 0.305 e. The van der Waals surface area contributed by atoms with Crippen molar-refractivity contribution >= 4 is 11.9 Å². The first-order valence-electron chi connectivity index (χ1n) is 28.9. The van der Waals surface area contributed by atoms with Crippen molar-refractivity contribution in [3.8, 4) is 0 Å². The van der Waals surface area contributed by atoms with E-state index in [-0.39, 0.29) is 18.5 Å². The van der Waals surface area contributed by atoms with Gasteiger partial charge in [0.1, 0.15) is 24.4 Å². The van der Waals surface area contributed by atoms with Crippen LogP contribution in [-0.2, 0) is 23.8 Å². The lowest BCUT2D eigenvalue weighted by Gasteiger charge is -2.40. The van der Waals surface area contributed by atoms with Gasteiger partial charge in [0.15, 0.2) is 6.29 Å². The number of esters is 1. The number of carbonyl (C=O) groups excluding carboxylic acids is 2. The molecule has 7 atom stereocenters. The number of unbranched alkanes of at least 4 members (excludes halogenated alkanes) is 30. The Hall–Kier alpha value is -2.38. The maximum absolute atomic E-state index is 13.0. The Kier molecular flexibility index (Phi) is 45.8. The van der Waals surface area contributed by atoms with E-state index in [2.05, 4.69) is 55.6 Å². The molecule has 1 amide bonds. The molecule has 0 spiro atoms. The molecule has 11 nitrogen and oxygen atoms in total. The van der Waals surface area contributed by atoms with E-state index in [0.29, 0.717) is 19.4 Å². The van der Waals surface area contributed by atoms with E-state index >= 15 is 0 Å². The molecule has 0 aromatic rings. The van der Waals surface area contributed by atoms with Gasteiger partial charge in [-0.25, -0.2) is 0 Å². The monoisotopic (exact) mass is 990 g/mol. The first-order chi connectivity index (χ1) is 34.2. The summed E-state index contributed by atoms with van der Waals surface area (Å²) in [5.74, 6) is -0.233. The molecule has 0 aromatic carbocycles. The third kappa shape index (κ3) is 38.3. The number of hydrogen-bond donors (Lipinski definition) is 6. The lowest BCUT2D eigenvalue weighted by atomic mass is 9.99. The number of hydrogen-bond acceptors (Lipinski definition) is 10. The SMILES string of the molecule is CCCC/C=C\CCCCCCCC(=O)OCCCCC/C=C\C=C/CCCCCCCCCCCCC(=O)NC(COC1OC(CO)C(O)C(O)C1O)C(O)/C=C/CCCCCCCCCCCC. The molecule has 0 saturated carbocycles. The average Bonchev–Trinajstić information content (AvgIpc) is 3.36. The summed E-state index contributed by atoms with van der Waals surface area (Å²) in [5, 5.41) is 54.3. The molecule has 0 radical (unpaired) electrons. The molecule has 7 unspecified atom stereocenters. The van der Waals surface area contributed by atoms with E-state index < -0.39 is 49.5 Å². The smallest absolute Gasteiger partial charge is 0.305 e. The Morgan fingerprint density at radius 2 is 0.971 bits per heavy atom.